The Labute approximate surface area is 109 Å². The van der Waals surface area contributed by atoms with Crippen LogP contribution in [0.15, 0.2) is 18.3 Å². The third-order valence-corrected chi connectivity index (χ3v) is 2.58. The van der Waals surface area contributed by atoms with Gasteiger partial charge in [-0.2, -0.15) is 0 Å². The molecule has 1 rings (SSSR count). The molecule has 0 saturated heterocycles. The summed E-state index contributed by atoms with van der Waals surface area (Å²) < 4.78 is 10.2. The minimum Gasteiger partial charge on any atom is -0.384 e. The molecule has 5 nitrogen and oxygen atoms in total. The minimum absolute atomic E-state index is 0.681. The predicted molar refractivity (Wildman–Crippen MR) is 74.4 cm³/mol. The molecule has 18 heavy (non-hydrogen) atoms. The van der Waals surface area contributed by atoms with Crippen molar-refractivity contribution in [2.24, 2.45) is 0 Å². The van der Waals surface area contributed by atoms with Crippen LogP contribution < -0.4 is 10.2 Å². The van der Waals surface area contributed by atoms with E-state index >= 15 is 0 Å². The minimum atomic E-state index is 0.681. The SMILES string of the molecule is CCNc1ccc(N(CCOC)CCOC)nc1. The lowest BCUT2D eigenvalue weighted by Crippen LogP contribution is -2.31. The molecule has 1 N–H and O–H groups in total. The van der Waals surface area contributed by atoms with Gasteiger partial charge in [0.25, 0.3) is 0 Å². The highest BCUT2D eigenvalue weighted by atomic mass is 16.5. The third-order valence-electron chi connectivity index (χ3n) is 2.58. The Hall–Kier alpha value is -1.33. The van der Waals surface area contributed by atoms with Gasteiger partial charge in [0.1, 0.15) is 5.82 Å². The van der Waals surface area contributed by atoms with E-state index in [-0.39, 0.29) is 0 Å². The van der Waals surface area contributed by atoms with Gasteiger partial charge in [0.15, 0.2) is 0 Å². The number of methoxy groups -OCH3 is 2. The maximum absolute atomic E-state index is 5.11. The molecule has 0 spiro atoms. The summed E-state index contributed by atoms with van der Waals surface area (Å²) in [6.45, 7) is 5.96. The van der Waals surface area contributed by atoms with Crippen LogP contribution in [0.4, 0.5) is 11.5 Å². The summed E-state index contributed by atoms with van der Waals surface area (Å²) in [6.07, 6.45) is 1.85. The second kappa shape index (κ2) is 8.72. The maximum Gasteiger partial charge on any atom is 0.128 e. The van der Waals surface area contributed by atoms with Crippen molar-refractivity contribution in [2.75, 3.05) is 57.3 Å². The lowest BCUT2D eigenvalue weighted by Gasteiger charge is -2.23. The highest BCUT2D eigenvalue weighted by Crippen LogP contribution is 2.13. The highest BCUT2D eigenvalue weighted by Gasteiger charge is 2.07. The van der Waals surface area contributed by atoms with E-state index in [1.807, 2.05) is 18.3 Å². The number of ether oxygens (including phenoxy) is 2. The van der Waals surface area contributed by atoms with Crippen molar-refractivity contribution >= 4 is 11.5 Å². The molecular weight excluding hydrogens is 230 g/mol. The zero-order chi connectivity index (χ0) is 13.2. The quantitative estimate of drug-likeness (QED) is 0.724. The van der Waals surface area contributed by atoms with Gasteiger partial charge in [0, 0.05) is 33.9 Å². The molecule has 0 radical (unpaired) electrons. The monoisotopic (exact) mass is 253 g/mol. The summed E-state index contributed by atoms with van der Waals surface area (Å²) in [7, 11) is 3.41. The van der Waals surface area contributed by atoms with E-state index in [4.69, 9.17) is 9.47 Å². The predicted octanol–water partition coefficient (Wildman–Crippen LogP) is 1.61. The normalized spacial score (nSPS) is 10.4. The average molecular weight is 253 g/mol. The molecule has 0 bridgehead atoms. The fraction of sp³-hybridized carbons (Fsp3) is 0.615. The Bertz CT molecular complexity index is 309. The number of rotatable bonds is 9. The van der Waals surface area contributed by atoms with Gasteiger partial charge in [-0.3, -0.25) is 0 Å². The van der Waals surface area contributed by atoms with Gasteiger partial charge in [0.05, 0.1) is 25.1 Å². The first-order valence-corrected chi connectivity index (χ1v) is 6.24. The Morgan fingerprint density at radius 2 is 1.83 bits per heavy atom. The lowest BCUT2D eigenvalue weighted by molar-refractivity contribution is 0.190. The molecule has 0 atom stereocenters. The number of aromatic nitrogens is 1. The molecule has 0 aliphatic heterocycles. The van der Waals surface area contributed by atoms with Crippen LogP contribution in [0.25, 0.3) is 0 Å². The molecule has 0 aliphatic rings. The lowest BCUT2D eigenvalue weighted by atomic mass is 10.3. The van der Waals surface area contributed by atoms with Gasteiger partial charge in [-0.25, -0.2) is 4.98 Å². The van der Waals surface area contributed by atoms with Crippen LogP contribution in [0.3, 0.4) is 0 Å². The van der Waals surface area contributed by atoms with Crippen molar-refractivity contribution in [1.29, 1.82) is 0 Å². The molecule has 0 fully saturated rings. The molecule has 0 saturated carbocycles. The number of nitrogens with one attached hydrogen (secondary N) is 1. The summed E-state index contributed by atoms with van der Waals surface area (Å²) in [5.74, 6) is 0.950. The van der Waals surface area contributed by atoms with Crippen LogP contribution >= 0.6 is 0 Å². The van der Waals surface area contributed by atoms with Crippen molar-refractivity contribution in [3.63, 3.8) is 0 Å². The number of hydrogen-bond acceptors (Lipinski definition) is 5. The van der Waals surface area contributed by atoms with E-state index < -0.39 is 0 Å². The van der Waals surface area contributed by atoms with Gasteiger partial charge >= 0.3 is 0 Å². The number of hydrogen-bond donors (Lipinski definition) is 1. The number of anilines is 2. The highest BCUT2D eigenvalue weighted by molar-refractivity contribution is 5.48. The Kier molecular flexibility index (Phi) is 7.13. The molecule has 0 aliphatic carbocycles. The zero-order valence-electron chi connectivity index (χ0n) is 11.5. The number of nitrogens with zero attached hydrogens (tertiary/aromatic N) is 2. The first-order chi connectivity index (χ1) is 8.81. The zero-order valence-corrected chi connectivity index (χ0v) is 11.5. The van der Waals surface area contributed by atoms with E-state index in [1.54, 1.807) is 14.2 Å². The second-order valence-corrected chi connectivity index (χ2v) is 3.91. The van der Waals surface area contributed by atoms with Crippen molar-refractivity contribution in [1.82, 2.24) is 4.98 Å². The smallest absolute Gasteiger partial charge is 0.128 e. The molecule has 0 aromatic carbocycles. The molecule has 1 aromatic rings. The molecule has 5 heteroatoms. The van der Waals surface area contributed by atoms with E-state index in [0.29, 0.717) is 13.2 Å². The standard InChI is InChI=1S/C13H23N3O2/c1-4-14-12-5-6-13(15-11-12)16(7-9-17-2)8-10-18-3/h5-6,11,14H,4,7-10H2,1-3H3. The fourth-order valence-corrected chi connectivity index (χ4v) is 1.63. The molecule has 0 amide bonds. The van der Waals surface area contributed by atoms with Crippen molar-refractivity contribution in [3.05, 3.63) is 18.3 Å². The molecule has 0 unspecified atom stereocenters. The van der Waals surface area contributed by atoms with Crippen LogP contribution in [-0.2, 0) is 9.47 Å². The summed E-state index contributed by atoms with van der Waals surface area (Å²) in [4.78, 5) is 6.61. The van der Waals surface area contributed by atoms with E-state index in [9.17, 15) is 0 Å². The molecule has 102 valence electrons. The van der Waals surface area contributed by atoms with Gasteiger partial charge in [-0.05, 0) is 19.1 Å². The summed E-state index contributed by atoms with van der Waals surface area (Å²) in [5.41, 5.74) is 1.04. The molecule has 1 heterocycles. The first-order valence-electron chi connectivity index (χ1n) is 6.24. The number of pyridine rings is 1. The third kappa shape index (κ3) is 4.89. The van der Waals surface area contributed by atoms with E-state index in [2.05, 4.69) is 22.1 Å². The van der Waals surface area contributed by atoms with Crippen LogP contribution in [0.5, 0.6) is 0 Å². The fourth-order valence-electron chi connectivity index (χ4n) is 1.63. The first kappa shape index (κ1) is 14.7. The summed E-state index contributed by atoms with van der Waals surface area (Å²) >= 11 is 0. The van der Waals surface area contributed by atoms with E-state index in [0.717, 1.165) is 31.1 Å². The van der Waals surface area contributed by atoms with Crippen LogP contribution in [-0.4, -0.2) is 52.1 Å². The maximum atomic E-state index is 5.11. The van der Waals surface area contributed by atoms with Crippen molar-refractivity contribution in [2.45, 2.75) is 6.92 Å². The largest absolute Gasteiger partial charge is 0.384 e. The molecule has 1 aromatic heterocycles. The van der Waals surface area contributed by atoms with Gasteiger partial charge in [-0.15, -0.1) is 0 Å². The van der Waals surface area contributed by atoms with Gasteiger partial charge in [0.2, 0.25) is 0 Å². The Morgan fingerprint density at radius 1 is 1.17 bits per heavy atom. The van der Waals surface area contributed by atoms with Crippen molar-refractivity contribution in [3.8, 4) is 0 Å². The topological polar surface area (TPSA) is 46.6 Å². The van der Waals surface area contributed by atoms with Crippen LogP contribution in [0.1, 0.15) is 6.92 Å². The second-order valence-electron chi connectivity index (χ2n) is 3.91. The van der Waals surface area contributed by atoms with Crippen molar-refractivity contribution < 1.29 is 9.47 Å². The van der Waals surface area contributed by atoms with E-state index in [1.165, 1.54) is 0 Å². The molecular formula is C13H23N3O2. The van der Waals surface area contributed by atoms with Gasteiger partial charge in [-0.1, -0.05) is 0 Å². The Morgan fingerprint density at radius 3 is 2.28 bits per heavy atom. The summed E-state index contributed by atoms with van der Waals surface area (Å²) in [5, 5.41) is 3.23. The Balaban J connectivity index is 2.64. The van der Waals surface area contributed by atoms with Crippen LogP contribution in [0, 0.1) is 0 Å². The van der Waals surface area contributed by atoms with Crippen LogP contribution in [0.2, 0.25) is 0 Å². The van der Waals surface area contributed by atoms with Gasteiger partial charge < -0.3 is 19.7 Å². The summed E-state index contributed by atoms with van der Waals surface area (Å²) in [6, 6.07) is 4.06. The average Bonchev–Trinajstić information content (AvgIpc) is 2.41.